The third kappa shape index (κ3) is 5.73. The van der Waals surface area contributed by atoms with Gasteiger partial charge in [0.1, 0.15) is 5.69 Å². The standard InChI is InChI=1S/C21H20N4O5S/c22-9-12-31-19-6-2-1-5-16(19)23-20(26)14-30-21(27)15-7-8-17(18(13-15)25(28)29)24-10-3-4-11-24/h1-2,5-8,13H,3-4,10-12,14H2,(H,23,26). The lowest BCUT2D eigenvalue weighted by molar-refractivity contribution is -0.384. The molecule has 0 spiro atoms. The van der Waals surface area contributed by atoms with Crippen molar-refractivity contribution >= 4 is 40.7 Å². The minimum absolute atomic E-state index is 0.00687. The molecule has 1 amide bonds. The predicted molar refractivity (Wildman–Crippen MR) is 116 cm³/mol. The maximum atomic E-state index is 12.3. The number of rotatable bonds is 8. The molecule has 1 aliphatic rings. The molecule has 0 unspecified atom stereocenters. The number of thioether (sulfide) groups is 1. The van der Waals surface area contributed by atoms with Gasteiger partial charge in [0, 0.05) is 24.1 Å². The smallest absolute Gasteiger partial charge is 0.338 e. The van der Waals surface area contributed by atoms with Gasteiger partial charge in [-0.2, -0.15) is 5.26 Å². The highest BCUT2D eigenvalue weighted by molar-refractivity contribution is 7.99. The van der Waals surface area contributed by atoms with E-state index in [2.05, 4.69) is 5.32 Å². The first kappa shape index (κ1) is 22.1. The zero-order valence-electron chi connectivity index (χ0n) is 16.6. The van der Waals surface area contributed by atoms with Crippen LogP contribution in [0.5, 0.6) is 0 Å². The van der Waals surface area contributed by atoms with Gasteiger partial charge >= 0.3 is 5.97 Å². The molecule has 0 atom stereocenters. The van der Waals surface area contributed by atoms with Gasteiger partial charge in [0.15, 0.2) is 6.61 Å². The molecular weight excluding hydrogens is 420 g/mol. The molecule has 2 aromatic carbocycles. The lowest BCUT2D eigenvalue weighted by Gasteiger charge is -2.17. The fraction of sp³-hybridized carbons (Fsp3) is 0.286. The summed E-state index contributed by atoms with van der Waals surface area (Å²) in [6.45, 7) is 0.926. The van der Waals surface area contributed by atoms with Gasteiger partial charge in [-0.15, -0.1) is 11.8 Å². The molecule has 31 heavy (non-hydrogen) atoms. The van der Waals surface area contributed by atoms with Gasteiger partial charge in [0.2, 0.25) is 0 Å². The number of nitriles is 1. The maximum Gasteiger partial charge on any atom is 0.338 e. The Labute approximate surface area is 183 Å². The average molecular weight is 440 g/mol. The van der Waals surface area contributed by atoms with Gasteiger partial charge in [-0.25, -0.2) is 4.79 Å². The van der Waals surface area contributed by atoms with Crippen molar-refractivity contribution in [2.45, 2.75) is 17.7 Å². The van der Waals surface area contributed by atoms with Crippen LogP contribution in [0.25, 0.3) is 0 Å². The lowest BCUT2D eigenvalue weighted by Crippen LogP contribution is -2.22. The average Bonchev–Trinajstić information content (AvgIpc) is 3.31. The van der Waals surface area contributed by atoms with E-state index >= 15 is 0 Å². The zero-order valence-corrected chi connectivity index (χ0v) is 17.4. The van der Waals surface area contributed by atoms with E-state index in [4.69, 9.17) is 10.00 Å². The fourth-order valence-corrected chi connectivity index (χ4v) is 3.90. The third-order valence-electron chi connectivity index (χ3n) is 4.64. The van der Waals surface area contributed by atoms with E-state index in [9.17, 15) is 19.7 Å². The van der Waals surface area contributed by atoms with Crippen LogP contribution in [-0.4, -0.2) is 42.2 Å². The van der Waals surface area contributed by atoms with Gasteiger partial charge in [0.05, 0.1) is 28.0 Å². The van der Waals surface area contributed by atoms with E-state index in [1.807, 2.05) is 11.0 Å². The Morgan fingerprint density at radius 1 is 1.23 bits per heavy atom. The van der Waals surface area contributed by atoms with E-state index < -0.39 is 23.4 Å². The number of amides is 1. The van der Waals surface area contributed by atoms with E-state index in [-0.39, 0.29) is 17.0 Å². The van der Waals surface area contributed by atoms with E-state index in [0.29, 0.717) is 11.4 Å². The molecule has 0 radical (unpaired) electrons. The lowest BCUT2D eigenvalue weighted by atomic mass is 10.1. The van der Waals surface area contributed by atoms with Crippen LogP contribution < -0.4 is 10.2 Å². The fourth-order valence-electron chi connectivity index (χ4n) is 3.23. The Morgan fingerprint density at radius 3 is 2.68 bits per heavy atom. The maximum absolute atomic E-state index is 12.3. The molecule has 1 heterocycles. The molecule has 0 saturated carbocycles. The summed E-state index contributed by atoms with van der Waals surface area (Å²) >= 11 is 1.27. The highest BCUT2D eigenvalue weighted by Gasteiger charge is 2.24. The number of nitrogens with one attached hydrogen (secondary N) is 1. The van der Waals surface area contributed by atoms with Gasteiger partial charge < -0.3 is 15.0 Å². The molecule has 1 saturated heterocycles. The van der Waals surface area contributed by atoms with E-state index in [1.54, 1.807) is 30.3 Å². The van der Waals surface area contributed by atoms with Gasteiger partial charge in [-0.1, -0.05) is 12.1 Å². The van der Waals surface area contributed by atoms with Gasteiger partial charge in [0.25, 0.3) is 11.6 Å². The molecule has 0 aliphatic carbocycles. The van der Waals surface area contributed by atoms with Crippen LogP contribution in [0, 0.1) is 21.4 Å². The number of hydrogen-bond acceptors (Lipinski definition) is 8. The molecule has 160 valence electrons. The van der Waals surface area contributed by atoms with Gasteiger partial charge in [-0.3, -0.25) is 14.9 Å². The number of nitro groups is 1. The number of ether oxygens (including phenoxy) is 1. The van der Waals surface area contributed by atoms with Crippen molar-refractivity contribution in [2.24, 2.45) is 0 Å². The summed E-state index contributed by atoms with van der Waals surface area (Å²) in [6.07, 6.45) is 1.93. The Balaban J connectivity index is 1.63. The largest absolute Gasteiger partial charge is 0.452 e. The highest BCUT2D eigenvalue weighted by atomic mass is 32.2. The van der Waals surface area contributed by atoms with E-state index in [1.165, 1.54) is 23.9 Å². The molecule has 10 heteroatoms. The van der Waals surface area contributed by atoms with Crippen molar-refractivity contribution in [3.63, 3.8) is 0 Å². The van der Waals surface area contributed by atoms with Crippen LogP contribution in [0.4, 0.5) is 17.1 Å². The summed E-state index contributed by atoms with van der Waals surface area (Å²) < 4.78 is 5.04. The summed E-state index contributed by atoms with van der Waals surface area (Å²) in [4.78, 5) is 38.1. The number of nitrogens with zero attached hydrogens (tertiary/aromatic N) is 3. The van der Waals surface area contributed by atoms with Crippen LogP contribution in [-0.2, 0) is 9.53 Å². The molecule has 9 nitrogen and oxygen atoms in total. The number of benzene rings is 2. The number of esters is 1. The normalized spacial score (nSPS) is 12.8. The number of hydrogen-bond donors (Lipinski definition) is 1. The second kappa shape index (κ2) is 10.4. The van der Waals surface area contributed by atoms with Crippen LogP contribution in [0.3, 0.4) is 0 Å². The second-order valence-electron chi connectivity index (χ2n) is 6.72. The van der Waals surface area contributed by atoms with Crippen molar-refractivity contribution in [3.05, 3.63) is 58.1 Å². The number of carbonyl (C=O) groups excluding carboxylic acids is 2. The molecule has 1 N–H and O–H groups in total. The summed E-state index contributed by atoms with van der Waals surface area (Å²) in [6, 6.07) is 13.2. The van der Waals surface area contributed by atoms with Crippen molar-refractivity contribution in [2.75, 3.05) is 35.7 Å². The first-order valence-corrected chi connectivity index (χ1v) is 10.6. The Kier molecular flexibility index (Phi) is 7.45. The topological polar surface area (TPSA) is 126 Å². The molecule has 0 aromatic heterocycles. The number of anilines is 2. The molecular formula is C21H20N4O5S. The minimum atomic E-state index is -0.821. The van der Waals surface area contributed by atoms with Crippen LogP contribution in [0.15, 0.2) is 47.4 Å². The molecule has 1 aliphatic heterocycles. The van der Waals surface area contributed by atoms with Crippen molar-refractivity contribution in [1.29, 1.82) is 5.26 Å². The van der Waals surface area contributed by atoms with Gasteiger partial charge in [-0.05, 0) is 37.1 Å². The Morgan fingerprint density at radius 2 is 1.97 bits per heavy atom. The van der Waals surface area contributed by atoms with Crippen molar-refractivity contribution in [1.82, 2.24) is 0 Å². The summed E-state index contributed by atoms with van der Waals surface area (Å²) in [7, 11) is 0. The Bertz CT molecular complexity index is 1030. The molecule has 1 fully saturated rings. The molecule has 0 bridgehead atoms. The monoisotopic (exact) mass is 440 g/mol. The van der Waals surface area contributed by atoms with Crippen LogP contribution in [0.1, 0.15) is 23.2 Å². The van der Waals surface area contributed by atoms with Crippen molar-refractivity contribution in [3.8, 4) is 6.07 Å². The third-order valence-corrected chi connectivity index (χ3v) is 5.58. The second-order valence-corrected chi connectivity index (χ2v) is 7.74. The number of nitro benzene ring substituents is 1. The Hall–Kier alpha value is -3.58. The first-order chi connectivity index (χ1) is 15.0. The van der Waals surface area contributed by atoms with Crippen LogP contribution >= 0.6 is 11.8 Å². The number of carbonyl (C=O) groups is 2. The zero-order chi connectivity index (χ0) is 22.2. The van der Waals surface area contributed by atoms with Crippen LogP contribution in [0.2, 0.25) is 0 Å². The summed E-state index contributed by atoms with van der Waals surface area (Å²) in [5, 5.41) is 22.8. The summed E-state index contributed by atoms with van der Waals surface area (Å²) in [5.74, 6) is -1.14. The number of para-hydroxylation sites is 1. The molecule has 2 aromatic rings. The highest BCUT2D eigenvalue weighted by Crippen LogP contribution is 2.32. The first-order valence-electron chi connectivity index (χ1n) is 9.58. The van der Waals surface area contributed by atoms with Crippen molar-refractivity contribution < 1.29 is 19.2 Å². The minimum Gasteiger partial charge on any atom is -0.452 e. The SMILES string of the molecule is N#CCSc1ccccc1NC(=O)COC(=O)c1ccc(N2CCCC2)c([N+](=O)[O-])c1. The predicted octanol–water partition coefficient (Wildman–Crippen LogP) is 3.61. The molecule has 3 rings (SSSR count). The quantitative estimate of drug-likeness (QED) is 0.286. The van der Waals surface area contributed by atoms with E-state index in [0.717, 1.165) is 30.8 Å². The summed E-state index contributed by atoms with van der Waals surface area (Å²) in [5.41, 5.74) is 0.828.